The molecule has 0 spiro atoms. The van der Waals surface area contributed by atoms with Crippen LogP contribution in [-0.2, 0) is 13.0 Å². The zero-order chi connectivity index (χ0) is 11.8. The number of hydrogen-bond donors (Lipinski definition) is 0. The molecule has 2 aromatic rings. The van der Waals surface area contributed by atoms with Gasteiger partial charge in [-0.2, -0.15) is 0 Å². The Kier molecular flexibility index (Phi) is 1.89. The van der Waals surface area contributed by atoms with Crippen LogP contribution in [0.3, 0.4) is 0 Å². The Morgan fingerprint density at radius 1 is 1.44 bits per heavy atom. The van der Waals surface area contributed by atoms with Gasteiger partial charge in [0.2, 0.25) is 6.30 Å². The minimum Gasteiger partial charge on any atom is -0.497 e. The predicted molar refractivity (Wildman–Crippen MR) is 58.6 cm³/mol. The number of rotatable bonds is 2. The SMILES string of the molecule is [2H]c1n(-c2ccc(OC)cc2)nc2[n+]1CCC2. The quantitative estimate of drug-likeness (QED) is 0.706. The topological polar surface area (TPSA) is 30.9 Å². The Morgan fingerprint density at radius 2 is 2.25 bits per heavy atom. The normalized spacial score (nSPS) is 14.7. The molecule has 0 saturated carbocycles. The zero-order valence-electron chi connectivity index (χ0n) is 10.2. The molecule has 1 aromatic heterocycles. The van der Waals surface area contributed by atoms with Gasteiger partial charge in [-0.25, -0.2) is 4.57 Å². The van der Waals surface area contributed by atoms with Crippen LogP contribution in [0, 0.1) is 0 Å². The fraction of sp³-hybridized carbons (Fsp3) is 0.333. The number of benzene rings is 1. The van der Waals surface area contributed by atoms with Crippen LogP contribution >= 0.6 is 0 Å². The number of methoxy groups -OCH3 is 1. The van der Waals surface area contributed by atoms with Gasteiger partial charge in [0.1, 0.15) is 12.8 Å². The maximum atomic E-state index is 8.08. The Bertz CT molecular complexity index is 548. The second-order valence-corrected chi connectivity index (χ2v) is 3.88. The first kappa shape index (κ1) is 8.33. The van der Waals surface area contributed by atoms with Gasteiger partial charge in [-0.1, -0.05) is 4.68 Å². The number of aromatic nitrogens is 3. The van der Waals surface area contributed by atoms with E-state index in [9.17, 15) is 0 Å². The molecule has 0 fully saturated rings. The van der Waals surface area contributed by atoms with Crippen LogP contribution in [0.2, 0.25) is 0 Å². The van der Waals surface area contributed by atoms with Crippen molar-refractivity contribution in [1.82, 2.24) is 9.78 Å². The predicted octanol–water partition coefficient (Wildman–Crippen LogP) is 1.11. The van der Waals surface area contributed by atoms with E-state index in [1.54, 1.807) is 11.8 Å². The van der Waals surface area contributed by atoms with Gasteiger partial charge in [0.05, 0.1) is 13.7 Å². The van der Waals surface area contributed by atoms with Crippen molar-refractivity contribution in [3.63, 3.8) is 0 Å². The third kappa shape index (κ3) is 1.46. The van der Waals surface area contributed by atoms with Crippen LogP contribution < -0.4 is 9.30 Å². The fourth-order valence-electron chi connectivity index (χ4n) is 1.96. The molecule has 0 radical (unpaired) electrons. The molecule has 0 aliphatic carbocycles. The standard InChI is InChI=1S/C12H14N3O/c1-16-11-6-4-10(5-7-11)15-9-14-8-2-3-12(14)13-15/h4-7,9H,2-3,8H2,1H3/q+1/i9D. The first-order chi connectivity index (χ1) is 8.29. The monoisotopic (exact) mass is 217 g/mol. The molecule has 1 aliphatic heterocycles. The minimum atomic E-state index is 0.447. The van der Waals surface area contributed by atoms with Gasteiger partial charge in [0, 0.05) is 11.5 Å². The maximum Gasteiger partial charge on any atom is 0.278 e. The van der Waals surface area contributed by atoms with Gasteiger partial charge < -0.3 is 4.74 Å². The van der Waals surface area contributed by atoms with E-state index >= 15 is 0 Å². The molecule has 1 aliphatic rings. The summed E-state index contributed by atoms with van der Waals surface area (Å²) in [5.74, 6) is 1.82. The first-order valence-electron chi connectivity index (χ1n) is 5.92. The Morgan fingerprint density at radius 3 is 2.94 bits per heavy atom. The molecule has 0 saturated heterocycles. The van der Waals surface area contributed by atoms with Crippen molar-refractivity contribution in [2.45, 2.75) is 19.4 Å². The van der Waals surface area contributed by atoms with Gasteiger partial charge in [-0.3, -0.25) is 0 Å². The van der Waals surface area contributed by atoms with E-state index in [0.29, 0.717) is 6.30 Å². The molecule has 4 heteroatoms. The molecule has 4 nitrogen and oxygen atoms in total. The van der Waals surface area contributed by atoms with Gasteiger partial charge in [-0.05, 0) is 30.7 Å². The second-order valence-electron chi connectivity index (χ2n) is 3.88. The van der Waals surface area contributed by atoms with E-state index in [1.807, 2.05) is 28.8 Å². The summed E-state index contributed by atoms with van der Waals surface area (Å²) in [7, 11) is 1.64. The lowest BCUT2D eigenvalue weighted by Crippen LogP contribution is -2.29. The number of nitrogens with zero attached hydrogens (tertiary/aromatic N) is 3. The largest absolute Gasteiger partial charge is 0.497 e. The number of hydrogen-bond acceptors (Lipinski definition) is 2. The highest BCUT2D eigenvalue weighted by Gasteiger charge is 2.22. The van der Waals surface area contributed by atoms with Crippen molar-refractivity contribution in [1.29, 1.82) is 0 Å². The summed E-state index contributed by atoms with van der Waals surface area (Å²) in [6.07, 6.45) is 2.51. The molecule has 3 rings (SSSR count). The second kappa shape index (κ2) is 3.63. The van der Waals surface area contributed by atoms with Crippen molar-refractivity contribution in [3.05, 3.63) is 36.4 Å². The highest BCUT2D eigenvalue weighted by molar-refractivity contribution is 5.36. The maximum absolute atomic E-state index is 8.08. The Hall–Kier alpha value is -1.84. The average Bonchev–Trinajstić information content (AvgIpc) is 2.93. The zero-order valence-corrected chi connectivity index (χ0v) is 9.18. The van der Waals surface area contributed by atoms with Crippen molar-refractivity contribution in [2.75, 3.05) is 7.11 Å². The average molecular weight is 217 g/mol. The highest BCUT2D eigenvalue weighted by Crippen LogP contribution is 2.14. The van der Waals surface area contributed by atoms with E-state index in [2.05, 4.69) is 5.10 Å². The number of ether oxygens (including phenoxy) is 1. The van der Waals surface area contributed by atoms with E-state index in [1.165, 1.54) is 0 Å². The minimum absolute atomic E-state index is 0.447. The van der Waals surface area contributed by atoms with E-state index in [0.717, 1.165) is 36.6 Å². The fourth-order valence-corrected chi connectivity index (χ4v) is 1.96. The van der Waals surface area contributed by atoms with Crippen LogP contribution in [-0.4, -0.2) is 16.9 Å². The smallest absolute Gasteiger partial charge is 0.278 e. The Balaban J connectivity index is 2.03. The van der Waals surface area contributed by atoms with Gasteiger partial charge in [-0.15, -0.1) is 0 Å². The summed E-state index contributed by atoms with van der Waals surface area (Å²) >= 11 is 0. The summed E-state index contributed by atoms with van der Waals surface area (Å²) in [5.41, 5.74) is 0.901. The van der Waals surface area contributed by atoms with Crippen molar-refractivity contribution in [2.24, 2.45) is 0 Å². The molecule has 0 N–H and O–H groups in total. The molecular formula is C12H14N3O+. The lowest BCUT2D eigenvalue weighted by atomic mass is 10.3. The van der Waals surface area contributed by atoms with E-state index < -0.39 is 0 Å². The van der Waals surface area contributed by atoms with Crippen LogP contribution in [0.1, 0.15) is 13.6 Å². The van der Waals surface area contributed by atoms with Crippen LogP contribution in [0.15, 0.2) is 30.6 Å². The molecule has 16 heavy (non-hydrogen) atoms. The summed E-state index contributed by atoms with van der Waals surface area (Å²) in [5, 5.41) is 4.47. The van der Waals surface area contributed by atoms with Crippen LogP contribution in [0.4, 0.5) is 0 Å². The molecule has 1 aromatic carbocycles. The van der Waals surface area contributed by atoms with Gasteiger partial charge in [0.15, 0.2) is 0 Å². The molecule has 0 amide bonds. The van der Waals surface area contributed by atoms with Crippen molar-refractivity contribution >= 4 is 0 Å². The van der Waals surface area contributed by atoms with E-state index in [-0.39, 0.29) is 0 Å². The first-order valence-corrected chi connectivity index (χ1v) is 5.42. The Labute approximate surface area is 95.5 Å². The third-order valence-electron chi connectivity index (χ3n) is 2.84. The summed E-state index contributed by atoms with van der Waals surface area (Å²) in [6, 6.07) is 7.59. The molecule has 0 atom stereocenters. The molecule has 82 valence electrons. The summed E-state index contributed by atoms with van der Waals surface area (Å²) in [6.45, 7) is 0.907. The molecular weight excluding hydrogens is 202 g/mol. The summed E-state index contributed by atoms with van der Waals surface area (Å²) < 4.78 is 16.8. The summed E-state index contributed by atoms with van der Waals surface area (Å²) in [4.78, 5) is 0. The van der Waals surface area contributed by atoms with Gasteiger partial charge in [0.25, 0.3) is 5.82 Å². The lowest BCUT2D eigenvalue weighted by Gasteiger charge is -1.98. The van der Waals surface area contributed by atoms with Crippen molar-refractivity contribution < 1.29 is 10.7 Å². The molecule has 0 unspecified atom stereocenters. The molecule has 2 heterocycles. The third-order valence-corrected chi connectivity index (χ3v) is 2.84. The van der Waals surface area contributed by atoms with Gasteiger partial charge >= 0.3 is 0 Å². The van der Waals surface area contributed by atoms with Crippen LogP contribution in [0.5, 0.6) is 5.75 Å². The van der Waals surface area contributed by atoms with Crippen LogP contribution in [0.25, 0.3) is 5.69 Å². The van der Waals surface area contributed by atoms with E-state index in [4.69, 9.17) is 6.11 Å². The number of aryl methyl sites for hydroxylation is 1. The van der Waals surface area contributed by atoms with Crippen molar-refractivity contribution in [3.8, 4) is 11.4 Å². The molecule has 0 bridgehead atoms. The highest BCUT2D eigenvalue weighted by atomic mass is 16.5. The number of fused-ring (bicyclic) bond motifs is 1. The lowest BCUT2D eigenvalue weighted by molar-refractivity contribution is -0.691.